The summed E-state index contributed by atoms with van der Waals surface area (Å²) in [5.74, 6) is 0.919. The van der Waals surface area contributed by atoms with Crippen LogP contribution in [0.15, 0.2) is 24.3 Å². The van der Waals surface area contributed by atoms with Gasteiger partial charge in [-0.3, -0.25) is 4.90 Å². The summed E-state index contributed by atoms with van der Waals surface area (Å²) in [4.78, 5) is 4.88. The van der Waals surface area contributed by atoms with E-state index >= 15 is 0 Å². The lowest BCUT2D eigenvalue weighted by Crippen LogP contribution is -2.50. The second-order valence-corrected chi connectivity index (χ2v) is 5.56. The second-order valence-electron chi connectivity index (χ2n) is 5.56. The predicted octanol–water partition coefficient (Wildman–Crippen LogP) is 1.23. The zero-order valence-corrected chi connectivity index (χ0v) is 12.7. The van der Waals surface area contributed by atoms with E-state index in [1.165, 1.54) is 5.69 Å². The smallest absolute Gasteiger partial charge is 0.120 e. The quantitative estimate of drug-likeness (QED) is 0.834. The van der Waals surface area contributed by atoms with E-state index < -0.39 is 0 Å². The van der Waals surface area contributed by atoms with Gasteiger partial charge in [0.15, 0.2) is 0 Å². The first-order chi connectivity index (χ1) is 10.3. The molecule has 2 saturated heterocycles. The highest BCUT2D eigenvalue weighted by molar-refractivity contribution is 5.51. The third-order valence-electron chi connectivity index (χ3n) is 4.14. The standard InChI is InChI=1S/C16H24N2O3/c1-19-15-4-2-3-14(11-15)18-7-5-17(6-8-18)12-16-13-20-9-10-21-16/h2-4,11,16H,5-10,12-13H2,1H3. The Morgan fingerprint density at radius 2 is 2.05 bits per heavy atom. The number of hydrogen-bond acceptors (Lipinski definition) is 5. The lowest BCUT2D eigenvalue weighted by molar-refractivity contribution is -0.0977. The lowest BCUT2D eigenvalue weighted by atomic mass is 10.2. The number of ether oxygens (including phenoxy) is 3. The first-order valence-corrected chi connectivity index (χ1v) is 7.66. The fourth-order valence-electron chi connectivity index (χ4n) is 2.93. The highest BCUT2D eigenvalue weighted by Gasteiger charge is 2.22. The fraction of sp³-hybridized carbons (Fsp3) is 0.625. The molecule has 5 nitrogen and oxygen atoms in total. The molecule has 0 aliphatic carbocycles. The molecule has 0 bridgehead atoms. The molecule has 0 amide bonds. The van der Waals surface area contributed by atoms with Crippen LogP contribution < -0.4 is 9.64 Å². The Morgan fingerprint density at radius 1 is 1.19 bits per heavy atom. The summed E-state index contributed by atoms with van der Waals surface area (Å²) in [6.45, 7) is 7.40. The second kappa shape index (κ2) is 7.11. The van der Waals surface area contributed by atoms with Crippen molar-refractivity contribution in [1.29, 1.82) is 0 Å². The number of hydrogen-bond donors (Lipinski definition) is 0. The molecular formula is C16H24N2O3. The van der Waals surface area contributed by atoms with Crippen LogP contribution in [0.5, 0.6) is 5.75 Å². The Bertz CT molecular complexity index is 441. The van der Waals surface area contributed by atoms with Crippen LogP contribution >= 0.6 is 0 Å². The molecule has 0 N–H and O–H groups in total. The third-order valence-corrected chi connectivity index (χ3v) is 4.14. The zero-order chi connectivity index (χ0) is 14.5. The minimum atomic E-state index is 0.238. The van der Waals surface area contributed by atoms with Crippen molar-refractivity contribution in [2.45, 2.75) is 6.10 Å². The topological polar surface area (TPSA) is 34.2 Å². The normalized spacial score (nSPS) is 24.0. The molecule has 0 radical (unpaired) electrons. The molecule has 2 fully saturated rings. The van der Waals surface area contributed by atoms with E-state index in [0.29, 0.717) is 0 Å². The molecular weight excluding hydrogens is 268 g/mol. The van der Waals surface area contributed by atoms with Gasteiger partial charge in [-0.1, -0.05) is 6.07 Å². The van der Waals surface area contributed by atoms with Crippen LogP contribution in [0.2, 0.25) is 0 Å². The monoisotopic (exact) mass is 292 g/mol. The summed E-state index contributed by atoms with van der Waals surface area (Å²) >= 11 is 0. The van der Waals surface area contributed by atoms with Crippen LogP contribution in [-0.2, 0) is 9.47 Å². The maximum Gasteiger partial charge on any atom is 0.120 e. The van der Waals surface area contributed by atoms with E-state index in [-0.39, 0.29) is 6.10 Å². The van der Waals surface area contributed by atoms with Crippen molar-refractivity contribution < 1.29 is 14.2 Å². The summed E-state index contributed by atoms with van der Waals surface area (Å²) < 4.78 is 16.5. The number of benzene rings is 1. The molecule has 2 heterocycles. The molecule has 1 unspecified atom stereocenters. The van der Waals surface area contributed by atoms with Crippen LogP contribution in [0.1, 0.15) is 0 Å². The maximum atomic E-state index is 5.73. The molecule has 1 aromatic rings. The van der Waals surface area contributed by atoms with Crippen LogP contribution in [0.25, 0.3) is 0 Å². The molecule has 1 aromatic carbocycles. The van der Waals surface area contributed by atoms with Crippen molar-refractivity contribution >= 4 is 5.69 Å². The molecule has 3 rings (SSSR count). The molecule has 5 heteroatoms. The molecule has 2 aliphatic rings. The van der Waals surface area contributed by atoms with Crippen molar-refractivity contribution in [2.75, 3.05) is 64.6 Å². The van der Waals surface area contributed by atoms with E-state index in [4.69, 9.17) is 14.2 Å². The Hall–Kier alpha value is -1.30. The number of rotatable bonds is 4. The lowest BCUT2D eigenvalue weighted by Gasteiger charge is -2.38. The SMILES string of the molecule is COc1cccc(N2CCN(CC3COCCO3)CC2)c1. The van der Waals surface area contributed by atoms with Crippen molar-refractivity contribution in [1.82, 2.24) is 4.90 Å². The molecule has 116 valence electrons. The minimum Gasteiger partial charge on any atom is -0.497 e. The highest BCUT2D eigenvalue weighted by atomic mass is 16.6. The van der Waals surface area contributed by atoms with Gasteiger partial charge in [0.25, 0.3) is 0 Å². The summed E-state index contributed by atoms with van der Waals surface area (Å²) in [6, 6.07) is 8.29. The minimum absolute atomic E-state index is 0.238. The number of nitrogens with zero attached hydrogens (tertiary/aromatic N) is 2. The Kier molecular flexibility index (Phi) is 4.95. The van der Waals surface area contributed by atoms with E-state index in [1.807, 2.05) is 12.1 Å². The van der Waals surface area contributed by atoms with E-state index in [0.717, 1.165) is 58.3 Å². The Morgan fingerprint density at radius 3 is 2.76 bits per heavy atom. The first-order valence-electron chi connectivity index (χ1n) is 7.66. The highest BCUT2D eigenvalue weighted by Crippen LogP contribution is 2.22. The van der Waals surface area contributed by atoms with Crippen LogP contribution in [-0.4, -0.2) is 70.7 Å². The third kappa shape index (κ3) is 3.87. The predicted molar refractivity (Wildman–Crippen MR) is 82.2 cm³/mol. The van der Waals surface area contributed by atoms with Gasteiger partial charge in [-0.2, -0.15) is 0 Å². The van der Waals surface area contributed by atoms with Gasteiger partial charge in [0, 0.05) is 44.5 Å². The van der Waals surface area contributed by atoms with Gasteiger partial charge in [0.1, 0.15) is 5.75 Å². The van der Waals surface area contributed by atoms with Crippen LogP contribution in [0, 0.1) is 0 Å². The first kappa shape index (κ1) is 14.6. The van der Waals surface area contributed by atoms with Crippen molar-refractivity contribution in [3.63, 3.8) is 0 Å². The number of piperazine rings is 1. The van der Waals surface area contributed by atoms with Gasteiger partial charge in [0.2, 0.25) is 0 Å². The summed E-state index contributed by atoms with van der Waals surface area (Å²) in [5.41, 5.74) is 1.24. The van der Waals surface area contributed by atoms with Gasteiger partial charge < -0.3 is 19.1 Å². The van der Waals surface area contributed by atoms with Crippen molar-refractivity contribution in [3.05, 3.63) is 24.3 Å². The van der Waals surface area contributed by atoms with E-state index in [1.54, 1.807) is 7.11 Å². The molecule has 21 heavy (non-hydrogen) atoms. The average Bonchev–Trinajstić information content (AvgIpc) is 2.56. The average molecular weight is 292 g/mol. The number of anilines is 1. The molecule has 0 spiro atoms. The van der Waals surface area contributed by atoms with Gasteiger partial charge in [0.05, 0.1) is 33.0 Å². The van der Waals surface area contributed by atoms with E-state index in [2.05, 4.69) is 21.9 Å². The Balaban J connectivity index is 1.50. The van der Waals surface area contributed by atoms with Crippen molar-refractivity contribution in [2.24, 2.45) is 0 Å². The molecule has 1 atom stereocenters. The van der Waals surface area contributed by atoms with Gasteiger partial charge >= 0.3 is 0 Å². The zero-order valence-electron chi connectivity index (χ0n) is 12.7. The summed E-state index contributed by atoms with van der Waals surface area (Å²) in [6.07, 6.45) is 0.238. The molecule has 0 aromatic heterocycles. The van der Waals surface area contributed by atoms with Gasteiger partial charge in [-0.05, 0) is 12.1 Å². The maximum absolute atomic E-state index is 5.73. The van der Waals surface area contributed by atoms with E-state index in [9.17, 15) is 0 Å². The van der Waals surface area contributed by atoms with Crippen molar-refractivity contribution in [3.8, 4) is 5.75 Å². The van der Waals surface area contributed by atoms with Gasteiger partial charge in [-0.15, -0.1) is 0 Å². The number of methoxy groups -OCH3 is 1. The fourth-order valence-corrected chi connectivity index (χ4v) is 2.93. The Labute approximate surface area is 126 Å². The summed E-state index contributed by atoms with van der Waals surface area (Å²) in [5, 5.41) is 0. The molecule has 0 saturated carbocycles. The summed E-state index contributed by atoms with van der Waals surface area (Å²) in [7, 11) is 1.71. The largest absolute Gasteiger partial charge is 0.497 e. The van der Waals surface area contributed by atoms with Crippen LogP contribution in [0.4, 0.5) is 5.69 Å². The molecule has 2 aliphatic heterocycles. The van der Waals surface area contributed by atoms with Gasteiger partial charge in [-0.25, -0.2) is 0 Å². The van der Waals surface area contributed by atoms with Crippen LogP contribution in [0.3, 0.4) is 0 Å².